The minimum atomic E-state index is -2.91. The second kappa shape index (κ2) is 7.56. The van der Waals surface area contributed by atoms with Gasteiger partial charge in [0.1, 0.15) is 0 Å². The Morgan fingerprint density at radius 1 is 1.38 bits per heavy atom. The monoisotopic (exact) mass is 397 g/mol. The Hall–Kier alpha value is -1.61. The summed E-state index contributed by atoms with van der Waals surface area (Å²) in [5.74, 6) is 1.16. The lowest BCUT2D eigenvalue weighted by Gasteiger charge is -2.05. The van der Waals surface area contributed by atoms with E-state index in [0.29, 0.717) is 24.0 Å². The Morgan fingerprint density at radius 3 is 2.77 bits per heavy atom. The predicted octanol–water partition coefficient (Wildman–Crippen LogP) is 2.46. The van der Waals surface area contributed by atoms with Crippen molar-refractivity contribution in [2.24, 2.45) is 5.92 Å². The van der Waals surface area contributed by atoms with Gasteiger partial charge in [-0.25, -0.2) is 8.42 Å². The van der Waals surface area contributed by atoms with Gasteiger partial charge in [0.05, 0.1) is 17.3 Å². The van der Waals surface area contributed by atoms with Gasteiger partial charge in [-0.3, -0.25) is 4.79 Å². The molecule has 3 rings (SSSR count). The van der Waals surface area contributed by atoms with E-state index in [4.69, 9.17) is 4.42 Å². The van der Waals surface area contributed by atoms with Gasteiger partial charge in [0, 0.05) is 29.9 Å². The number of thioether (sulfide) groups is 1. The summed E-state index contributed by atoms with van der Waals surface area (Å²) in [6.07, 6.45) is 1.11. The van der Waals surface area contributed by atoms with E-state index < -0.39 is 9.84 Å². The molecular weight excluding hydrogens is 374 g/mol. The normalized spacial score (nSPS) is 19.1. The van der Waals surface area contributed by atoms with Crippen molar-refractivity contribution in [3.05, 3.63) is 28.9 Å². The second-order valence-corrected chi connectivity index (χ2v) is 9.83. The molecule has 9 heteroatoms. The molecule has 0 spiro atoms. The molecule has 1 aliphatic heterocycles. The molecule has 2 aromatic heterocycles. The minimum absolute atomic E-state index is 0.0319. The van der Waals surface area contributed by atoms with Crippen molar-refractivity contribution in [2.45, 2.75) is 45.4 Å². The van der Waals surface area contributed by atoms with Crippen LogP contribution in [0.25, 0.3) is 0 Å². The van der Waals surface area contributed by atoms with E-state index in [2.05, 4.69) is 21.7 Å². The molecule has 0 N–H and O–H groups in total. The van der Waals surface area contributed by atoms with Crippen LogP contribution in [-0.2, 0) is 22.8 Å². The van der Waals surface area contributed by atoms with Crippen LogP contribution in [0.1, 0.15) is 41.0 Å². The topological polar surface area (TPSA) is 95.1 Å². The number of aryl methyl sites for hydroxylation is 1. The van der Waals surface area contributed by atoms with Gasteiger partial charge in [0.25, 0.3) is 5.22 Å². The average molecular weight is 398 g/mol. The van der Waals surface area contributed by atoms with Crippen LogP contribution in [0.15, 0.2) is 15.7 Å². The van der Waals surface area contributed by atoms with Gasteiger partial charge in [-0.2, -0.15) is 0 Å². The highest BCUT2D eigenvalue weighted by Crippen LogP contribution is 2.25. The van der Waals surface area contributed by atoms with Gasteiger partial charge in [-0.15, -0.1) is 10.2 Å². The molecule has 0 aromatic carbocycles. The number of aromatic nitrogens is 3. The Bertz CT molecular complexity index is 915. The van der Waals surface area contributed by atoms with E-state index in [-0.39, 0.29) is 29.0 Å². The first-order valence-corrected chi connectivity index (χ1v) is 11.4. The summed E-state index contributed by atoms with van der Waals surface area (Å²) in [6, 6.07) is 1.92. The van der Waals surface area contributed by atoms with Crippen molar-refractivity contribution in [2.75, 3.05) is 17.3 Å². The summed E-state index contributed by atoms with van der Waals surface area (Å²) in [7, 11) is -2.91. The molecule has 1 fully saturated rings. The largest absolute Gasteiger partial charge is 0.416 e. The standard InChI is InChI=1S/C17H23N3O4S2/c1-4-20-11(2)7-14(12(20)3)15(21)9-25-17-19-18-16(24-17)8-13-5-6-26(22,23)10-13/h7,13H,4-6,8-10H2,1-3H3. The zero-order valence-corrected chi connectivity index (χ0v) is 16.8. The SMILES string of the molecule is CCn1c(C)cc(C(=O)CSc2nnc(CC3CCS(=O)(=O)C3)o2)c1C. The fraction of sp³-hybridized carbons (Fsp3) is 0.588. The molecule has 3 heterocycles. The number of ketones is 1. The number of hydrogen-bond donors (Lipinski definition) is 0. The van der Waals surface area contributed by atoms with E-state index in [9.17, 15) is 13.2 Å². The van der Waals surface area contributed by atoms with Gasteiger partial charge >= 0.3 is 0 Å². The smallest absolute Gasteiger partial charge is 0.277 e. The van der Waals surface area contributed by atoms with Crippen molar-refractivity contribution < 1.29 is 17.6 Å². The van der Waals surface area contributed by atoms with Crippen LogP contribution in [-0.4, -0.2) is 46.2 Å². The lowest BCUT2D eigenvalue weighted by molar-refractivity contribution is 0.102. The molecule has 7 nitrogen and oxygen atoms in total. The number of hydrogen-bond acceptors (Lipinski definition) is 7. The molecule has 1 saturated heterocycles. The van der Waals surface area contributed by atoms with Gasteiger partial charge in [0.15, 0.2) is 15.6 Å². The summed E-state index contributed by atoms with van der Waals surface area (Å²) in [5.41, 5.74) is 2.78. The number of nitrogens with zero attached hydrogens (tertiary/aromatic N) is 3. The summed E-state index contributed by atoms with van der Waals surface area (Å²) < 4.78 is 30.7. The molecule has 0 amide bonds. The lowest BCUT2D eigenvalue weighted by atomic mass is 10.1. The number of rotatable bonds is 7. The molecule has 1 unspecified atom stereocenters. The molecule has 1 aliphatic rings. The van der Waals surface area contributed by atoms with Gasteiger partial charge in [-0.05, 0) is 39.2 Å². The molecule has 142 valence electrons. The van der Waals surface area contributed by atoms with Crippen LogP contribution in [0.2, 0.25) is 0 Å². The molecule has 0 saturated carbocycles. The van der Waals surface area contributed by atoms with Crippen LogP contribution < -0.4 is 0 Å². The maximum atomic E-state index is 12.5. The first-order chi connectivity index (χ1) is 12.3. The maximum absolute atomic E-state index is 12.5. The van der Waals surface area contributed by atoms with E-state index in [1.54, 1.807) is 0 Å². The summed E-state index contributed by atoms with van der Waals surface area (Å²) in [4.78, 5) is 12.5. The molecule has 0 radical (unpaired) electrons. The molecule has 1 atom stereocenters. The van der Waals surface area contributed by atoms with Gasteiger partial charge < -0.3 is 8.98 Å². The third-order valence-electron chi connectivity index (χ3n) is 4.76. The number of Topliss-reactive ketones (excluding diaryl/α,β-unsaturated/α-hetero) is 1. The zero-order valence-electron chi connectivity index (χ0n) is 15.2. The van der Waals surface area contributed by atoms with Gasteiger partial charge in [0.2, 0.25) is 5.89 Å². The minimum Gasteiger partial charge on any atom is -0.416 e. The van der Waals surface area contributed by atoms with Crippen LogP contribution in [0.4, 0.5) is 0 Å². The lowest BCUT2D eigenvalue weighted by Crippen LogP contribution is -2.07. The number of sulfone groups is 1. The Balaban J connectivity index is 1.57. The highest BCUT2D eigenvalue weighted by molar-refractivity contribution is 7.99. The van der Waals surface area contributed by atoms with Crippen LogP contribution in [0.5, 0.6) is 0 Å². The molecule has 0 aliphatic carbocycles. The molecule has 2 aromatic rings. The Labute approximate surface area is 157 Å². The van der Waals surface area contributed by atoms with E-state index >= 15 is 0 Å². The average Bonchev–Trinajstić information content (AvgIpc) is 3.24. The van der Waals surface area contributed by atoms with Crippen molar-refractivity contribution in [3.8, 4) is 0 Å². The van der Waals surface area contributed by atoms with E-state index in [1.807, 2.05) is 19.9 Å². The number of carbonyl (C=O) groups excluding carboxylic acids is 1. The maximum Gasteiger partial charge on any atom is 0.277 e. The third-order valence-corrected chi connectivity index (χ3v) is 7.41. The van der Waals surface area contributed by atoms with Crippen LogP contribution >= 0.6 is 11.8 Å². The first kappa shape index (κ1) is 19.2. The highest BCUT2D eigenvalue weighted by Gasteiger charge is 2.29. The summed E-state index contributed by atoms with van der Waals surface area (Å²) in [6.45, 7) is 6.84. The summed E-state index contributed by atoms with van der Waals surface area (Å²) in [5, 5.41) is 8.29. The predicted molar refractivity (Wildman–Crippen MR) is 99.4 cm³/mol. The second-order valence-electron chi connectivity index (χ2n) is 6.68. The van der Waals surface area contributed by atoms with Crippen molar-refractivity contribution >= 4 is 27.4 Å². The number of carbonyl (C=O) groups is 1. The third kappa shape index (κ3) is 4.20. The van der Waals surface area contributed by atoms with Crippen molar-refractivity contribution in [1.29, 1.82) is 0 Å². The van der Waals surface area contributed by atoms with E-state index in [0.717, 1.165) is 23.5 Å². The fourth-order valence-corrected chi connectivity index (χ4v) is 5.96. The van der Waals surface area contributed by atoms with Crippen LogP contribution in [0, 0.1) is 19.8 Å². The molecule has 0 bridgehead atoms. The molecule has 26 heavy (non-hydrogen) atoms. The first-order valence-electron chi connectivity index (χ1n) is 8.64. The zero-order chi connectivity index (χ0) is 18.9. The quantitative estimate of drug-likeness (QED) is 0.523. The van der Waals surface area contributed by atoms with Crippen molar-refractivity contribution in [3.63, 3.8) is 0 Å². The van der Waals surface area contributed by atoms with Crippen LogP contribution in [0.3, 0.4) is 0 Å². The summed E-state index contributed by atoms with van der Waals surface area (Å²) >= 11 is 1.22. The molecular formula is C17H23N3O4S2. The van der Waals surface area contributed by atoms with E-state index in [1.165, 1.54) is 11.8 Å². The Morgan fingerprint density at radius 2 is 2.15 bits per heavy atom. The Kier molecular flexibility index (Phi) is 5.57. The van der Waals surface area contributed by atoms with Crippen molar-refractivity contribution in [1.82, 2.24) is 14.8 Å². The fourth-order valence-electron chi connectivity index (χ4n) is 3.43. The van der Waals surface area contributed by atoms with Gasteiger partial charge in [-0.1, -0.05) is 11.8 Å². The highest BCUT2D eigenvalue weighted by atomic mass is 32.2.